The molecule has 160 valence electrons. The minimum atomic E-state index is 0. The predicted molar refractivity (Wildman–Crippen MR) is 126 cm³/mol. The van der Waals surface area contributed by atoms with Gasteiger partial charge in [0.05, 0.1) is 12.7 Å². The van der Waals surface area contributed by atoms with Crippen LogP contribution in [0.2, 0.25) is 0 Å². The van der Waals surface area contributed by atoms with Crippen molar-refractivity contribution in [2.75, 3.05) is 39.8 Å². The molecule has 1 unspecified atom stereocenters. The van der Waals surface area contributed by atoms with Gasteiger partial charge in [0.1, 0.15) is 12.1 Å². The molecule has 1 saturated heterocycles. The Balaban J connectivity index is 0.00000300. The third kappa shape index (κ3) is 7.56. The van der Waals surface area contributed by atoms with E-state index in [-0.39, 0.29) is 30.1 Å². The van der Waals surface area contributed by atoms with Crippen molar-refractivity contribution in [2.45, 2.75) is 26.5 Å². The summed E-state index contributed by atoms with van der Waals surface area (Å²) >= 11 is 0. The van der Waals surface area contributed by atoms with E-state index in [1.807, 2.05) is 29.1 Å². The summed E-state index contributed by atoms with van der Waals surface area (Å²) in [5.41, 5.74) is 1.12. The maximum atomic E-state index is 5.90. The van der Waals surface area contributed by atoms with Gasteiger partial charge in [-0.05, 0) is 23.6 Å². The number of morpholine rings is 1. The SMILES string of the molecule is CN=C(NCc1ccnc(-n2ccnc2)c1)NCC1CN(CC(C)C)CCO1.I. The standard InChI is InChI=1S/C20H31N7O.HI/c1-16(2)13-26-8-9-28-18(14-26)12-25-20(21-3)24-11-17-4-5-23-19(10-17)27-7-6-22-15-27;/h4-7,10,15-16,18H,8-9,11-14H2,1-3H3,(H2,21,24,25);1H. The zero-order valence-corrected chi connectivity index (χ0v) is 19.7. The van der Waals surface area contributed by atoms with Gasteiger partial charge < -0.3 is 15.4 Å². The Morgan fingerprint density at radius 2 is 2.21 bits per heavy atom. The molecule has 9 heteroatoms. The van der Waals surface area contributed by atoms with E-state index in [0.717, 1.165) is 50.1 Å². The maximum absolute atomic E-state index is 5.90. The predicted octanol–water partition coefficient (Wildman–Crippen LogP) is 1.91. The fourth-order valence-corrected chi connectivity index (χ4v) is 3.31. The molecule has 0 spiro atoms. The van der Waals surface area contributed by atoms with Gasteiger partial charge in [-0.25, -0.2) is 9.97 Å². The lowest BCUT2D eigenvalue weighted by Crippen LogP contribution is -2.50. The van der Waals surface area contributed by atoms with E-state index in [9.17, 15) is 0 Å². The van der Waals surface area contributed by atoms with E-state index in [2.05, 4.69) is 44.3 Å². The minimum Gasteiger partial charge on any atom is -0.374 e. The van der Waals surface area contributed by atoms with Gasteiger partial charge in [-0.1, -0.05) is 13.8 Å². The number of halogens is 1. The molecule has 0 radical (unpaired) electrons. The average Bonchev–Trinajstić information content (AvgIpc) is 3.23. The summed E-state index contributed by atoms with van der Waals surface area (Å²) in [6, 6.07) is 4.03. The molecule has 1 aliphatic rings. The molecular formula is C20H32IN7O. The molecule has 1 fully saturated rings. The summed E-state index contributed by atoms with van der Waals surface area (Å²) in [6.45, 7) is 9.80. The van der Waals surface area contributed by atoms with Crippen molar-refractivity contribution in [3.8, 4) is 5.82 Å². The van der Waals surface area contributed by atoms with Gasteiger partial charge in [-0.3, -0.25) is 14.5 Å². The molecule has 0 saturated carbocycles. The third-order valence-electron chi connectivity index (χ3n) is 4.61. The summed E-state index contributed by atoms with van der Waals surface area (Å²) in [6.07, 6.45) is 7.36. The van der Waals surface area contributed by atoms with Crippen molar-refractivity contribution in [1.82, 2.24) is 30.1 Å². The van der Waals surface area contributed by atoms with E-state index < -0.39 is 0 Å². The molecule has 3 rings (SSSR count). The van der Waals surface area contributed by atoms with Crippen LogP contribution < -0.4 is 10.6 Å². The number of rotatable bonds is 7. The van der Waals surface area contributed by atoms with Crippen molar-refractivity contribution in [1.29, 1.82) is 0 Å². The van der Waals surface area contributed by atoms with Crippen molar-refractivity contribution in [3.63, 3.8) is 0 Å². The van der Waals surface area contributed by atoms with Crippen LogP contribution in [0.25, 0.3) is 5.82 Å². The smallest absolute Gasteiger partial charge is 0.191 e. The summed E-state index contributed by atoms with van der Waals surface area (Å²) in [7, 11) is 1.78. The molecule has 0 aromatic carbocycles. The number of guanidine groups is 1. The second-order valence-electron chi connectivity index (χ2n) is 7.45. The van der Waals surface area contributed by atoms with Crippen LogP contribution >= 0.6 is 24.0 Å². The molecule has 2 aromatic rings. The molecule has 2 aromatic heterocycles. The first-order valence-electron chi connectivity index (χ1n) is 9.85. The second kappa shape index (κ2) is 12.1. The third-order valence-corrected chi connectivity index (χ3v) is 4.61. The van der Waals surface area contributed by atoms with Crippen LogP contribution in [0.5, 0.6) is 0 Å². The van der Waals surface area contributed by atoms with E-state index in [0.29, 0.717) is 12.5 Å². The van der Waals surface area contributed by atoms with Gasteiger partial charge in [0.15, 0.2) is 5.96 Å². The molecule has 1 atom stereocenters. The van der Waals surface area contributed by atoms with Gasteiger partial charge in [0, 0.05) is 58.4 Å². The monoisotopic (exact) mass is 513 g/mol. The van der Waals surface area contributed by atoms with Crippen molar-refractivity contribution in [3.05, 3.63) is 42.6 Å². The number of pyridine rings is 1. The summed E-state index contributed by atoms with van der Waals surface area (Å²) in [4.78, 5) is 15.2. The second-order valence-corrected chi connectivity index (χ2v) is 7.45. The fraction of sp³-hybridized carbons (Fsp3) is 0.550. The van der Waals surface area contributed by atoms with Crippen LogP contribution in [0, 0.1) is 5.92 Å². The topological polar surface area (TPSA) is 79.6 Å². The van der Waals surface area contributed by atoms with Gasteiger partial charge in [0.2, 0.25) is 0 Å². The number of imidazole rings is 1. The Labute approximate surface area is 190 Å². The van der Waals surface area contributed by atoms with Crippen LogP contribution in [-0.2, 0) is 11.3 Å². The Morgan fingerprint density at radius 1 is 1.34 bits per heavy atom. The first kappa shape index (κ1) is 23.6. The highest BCUT2D eigenvalue weighted by molar-refractivity contribution is 14.0. The van der Waals surface area contributed by atoms with Crippen LogP contribution in [0.15, 0.2) is 42.0 Å². The number of nitrogens with zero attached hydrogens (tertiary/aromatic N) is 5. The van der Waals surface area contributed by atoms with Crippen LogP contribution in [-0.4, -0.2) is 71.3 Å². The highest BCUT2D eigenvalue weighted by Crippen LogP contribution is 2.08. The van der Waals surface area contributed by atoms with Crippen LogP contribution in [0.4, 0.5) is 0 Å². The van der Waals surface area contributed by atoms with E-state index in [1.54, 1.807) is 19.6 Å². The highest BCUT2D eigenvalue weighted by Gasteiger charge is 2.21. The number of ether oxygens (including phenoxy) is 1. The Bertz CT molecular complexity index is 751. The lowest BCUT2D eigenvalue weighted by atomic mass is 10.2. The largest absolute Gasteiger partial charge is 0.374 e. The molecule has 3 heterocycles. The van der Waals surface area contributed by atoms with Crippen LogP contribution in [0.3, 0.4) is 0 Å². The molecule has 0 bridgehead atoms. The zero-order valence-electron chi connectivity index (χ0n) is 17.4. The number of hydrogen-bond acceptors (Lipinski definition) is 5. The van der Waals surface area contributed by atoms with Crippen LogP contribution in [0.1, 0.15) is 19.4 Å². The number of hydrogen-bond donors (Lipinski definition) is 2. The normalized spacial score (nSPS) is 17.8. The maximum Gasteiger partial charge on any atom is 0.191 e. The lowest BCUT2D eigenvalue weighted by Gasteiger charge is -2.34. The molecule has 0 aliphatic carbocycles. The van der Waals surface area contributed by atoms with Crippen molar-refractivity contribution >= 4 is 29.9 Å². The van der Waals surface area contributed by atoms with Gasteiger partial charge in [-0.2, -0.15) is 0 Å². The molecular weight excluding hydrogens is 481 g/mol. The summed E-state index contributed by atoms with van der Waals surface area (Å²) < 4.78 is 7.79. The number of nitrogens with one attached hydrogen (secondary N) is 2. The first-order valence-corrected chi connectivity index (χ1v) is 9.85. The number of aromatic nitrogens is 3. The van der Waals surface area contributed by atoms with E-state index >= 15 is 0 Å². The molecule has 1 aliphatic heterocycles. The van der Waals surface area contributed by atoms with E-state index in [4.69, 9.17) is 4.74 Å². The quantitative estimate of drug-likeness (QED) is 0.335. The van der Waals surface area contributed by atoms with Gasteiger partial charge >= 0.3 is 0 Å². The fourth-order valence-electron chi connectivity index (χ4n) is 3.31. The Morgan fingerprint density at radius 3 is 2.93 bits per heavy atom. The zero-order chi connectivity index (χ0) is 19.8. The Hall–Kier alpha value is -1.72. The molecule has 2 N–H and O–H groups in total. The highest BCUT2D eigenvalue weighted by atomic mass is 127. The molecule has 29 heavy (non-hydrogen) atoms. The Kier molecular flexibility index (Phi) is 9.82. The number of aliphatic imine (C=N–C) groups is 1. The average molecular weight is 513 g/mol. The summed E-state index contributed by atoms with van der Waals surface area (Å²) in [5.74, 6) is 2.29. The van der Waals surface area contributed by atoms with Gasteiger partial charge in [0.25, 0.3) is 0 Å². The van der Waals surface area contributed by atoms with Crippen molar-refractivity contribution < 1.29 is 4.74 Å². The molecule has 0 amide bonds. The van der Waals surface area contributed by atoms with Gasteiger partial charge in [-0.15, -0.1) is 24.0 Å². The molecule has 8 nitrogen and oxygen atoms in total. The minimum absolute atomic E-state index is 0. The lowest BCUT2D eigenvalue weighted by molar-refractivity contribution is -0.0284. The summed E-state index contributed by atoms with van der Waals surface area (Å²) in [5, 5.41) is 6.74. The van der Waals surface area contributed by atoms with Crippen molar-refractivity contribution in [2.24, 2.45) is 10.9 Å². The first-order chi connectivity index (χ1) is 13.6. The van der Waals surface area contributed by atoms with E-state index in [1.165, 1.54) is 0 Å².